The fraction of sp³-hybridized carbons (Fsp3) is 0.500. The zero-order valence-corrected chi connectivity index (χ0v) is 18.5. The molecule has 4 amide bonds. The Morgan fingerprint density at radius 2 is 1.78 bits per heavy atom. The molecule has 2 heterocycles. The first kappa shape index (κ1) is 23.8. The Balaban J connectivity index is 1.77. The Labute approximate surface area is 184 Å². The van der Waals surface area contributed by atoms with Crippen molar-refractivity contribution in [1.82, 2.24) is 23.9 Å². The summed E-state index contributed by atoms with van der Waals surface area (Å²) in [6, 6.07) is 3.50. The Morgan fingerprint density at radius 1 is 1.12 bits per heavy atom. The van der Waals surface area contributed by atoms with Crippen LogP contribution in [-0.2, 0) is 19.8 Å². The van der Waals surface area contributed by atoms with Gasteiger partial charge in [0.1, 0.15) is 11.9 Å². The molecule has 0 saturated carbocycles. The van der Waals surface area contributed by atoms with Crippen molar-refractivity contribution in [2.75, 3.05) is 58.3 Å². The fourth-order valence-electron chi connectivity index (χ4n) is 3.68. The van der Waals surface area contributed by atoms with E-state index in [1.165, 1.54) is 58.5 Å². The topological polar surface area (TPSA) is 134 Å². The van der Waals surface area contributed by atoms with E-state index in [0.717, 1.165) is 8.61 Å². The minimum Gasteiger partial charge on any atom is -0.331 e. The predicted molar refractivity (Wildman–Crippen MR) is 110 cm³/mol. The van der Waals surface area contributed by atoms with Crippen LogP contribution in [0.1, 0.15) is 0 Å². The fourth-order valence-corrected chi connectivity index (χ4v) is 5.36. The molecule has 32 heavy (non-hydrogen) atoms. The molecule has 14 heteroatoms. The number of hydrogen-bond acceptors (Lipinski definition) is 6. The number of rotatable bonds is 4. The normalized spacial score (nSPS) is 20.9. The van der Waals surface area contributed by atoms with Gasteiger partial charge in [0.25, 0.3) is 16.1 Å². The molecule has 176 valence electrons. The first-order valence-electron chi connectivity index (χ1n) is 9.79. The van der Waals surface area contributed by atoms with Crippen LogP contribution in [-0.4, -0.2) is 109 Å². The van der Waals surface area contributed by atoms with Crippen molar-refractivity contribution in [1.29, 1.82) is 0 Å². The van der Waals surface area contributed by atoms with Gasteiger partial charge in [-0.05, 0) is 24.3 Å². The Hall–Kier alpha value is -2.81. The molecule has 2 fully saturated rings. The molecule has 1 atom stereocenters. The van der Waals surface area contributed by atoms with Crippen molar-refractivity contribution in [2.24, 2.45) is 0 Å². The second kappa shape index (κ2) is 9.36. The van der Waals surface area contributed by atoms with Crippen molar-refractivity contribution in [3.8, 4) is 0 Å². The summed E-state index contributed by atoms with van der Waals surface area (Å²) in [6.45, 7) is -0.882. The molecule has 0 spiro atoms. The van der Waals surface area contributed by atoms with Crippen molar-refractivity contribution in [3.05, 3.63) is 30.1 Å². The molecule has 2 N–H and O–H groups in total. The first-order valence-corrected chi connectivity index (χ1v) is 11.2. The number of nitrogens with one attached hydrogen (secondary N) is 1. The van der Waals surface area contributed by atoms with Crippen molar-refractivity contribution < 1.29 is 32.4 Å². The number of halogens is 1. The number of carbonyl (C=O) groups excluding carboxylic acids is 3. The molecule has 0 radical (unpaired) electrons. The number of piperazine rings is 2. The third-order valence-corrected chi connectivity index (χ3v) is 7.34. The smallest absolute Gasteiger partial charge is 0.319 e. The number of hydroxylamine groups is 1. The first-order chi connectivity index (χ1) is 15.1. The molecule has 2 aliphatic heterocycles. The van der Waals surface area contributed by atoms with E-state index in [9.17, 15) is 27.2 Å². The van der Waals surface area contributed by atoms with Crippen molar-refractivity contribution in [2.45, 2.75) is 6.04 Å². The van der Waals surface area contributed by atoms with E-state index in [1.807, 2.05) is 0 Å². The van der Waals surface area contributed by atoms with E-state index in [1.54, 1.807) is 0 Å². The summed E-state index contributed by atoms with van der Waals surface area (Å²) < 4.78 is 41.5. The lowest BCUT2D eigenvalue weighted by Crippen LogP contribution is -2.65. The summed E-state index contributed by atoms with van der Waals surface area (Å²) in [5, 5.41) is 9.10. The minimum atomic E-state index is -4.27. The minimum absolute atomic E-state index is 0.0366. The number of urea groups is 1. The average Bonchev–Trinajstić information content (AvgIpc) is 2.78. The highest BCUT2D eigenvalue weighted by atomic mass is 32.2. The number of amides is 4. The Kier molecular flexibility index (Phi) is 6.97. The van der Waals surface area contributed by atoms with Gasteiger partial charge in [0.15, 0.2) is 0 Å². The highest BCUT2D eigenvalue weighted by molar-refractivity contribution is 7.86. The van der Waals surface area contributed by atoms with Crippen LogP contribution in [0.15, 0.2) is 24.3 Å². The second-order valence-corrected chi connectivity index (χ2v) is 9.47. The second-order valence-electron chi connectivity index (χ2n) is 7.59. The maximum atomic E-state index is 13.3. The number of nitrogens with zero attached hydrogens (tertiary/aromatic N) is 5. The predicted octanol–water partition coefficient (Wildman–Crippen LogP) is -1.11. The number of anilines is 1. The number of carbonyl (C=O) groups is 3. The van der Waals surface area contributed by atoms with Gasteiger partial charge in [0, 0.05) is 52.5 Å². The molecule has 2 saturated heterocycles. The molecule has 0 aromatic heterocycles. The largest absolute Gasteiger partial charge is 0.331 e. The molecule has 1 aromatic rings. The lowest BCUT2D eigenvalue weighted by atomic mass is 10.2. The maximum Gasteiger partial charge on any atom is 0.319 e. The molecule has 1 aromatic carbocycles. The quantitative estimate of drug-likeness (QED) is 0.422. The standard InChI is InChI=1S/C18H25FN6O6S/c1-21(2)18(28)22-7-10-25(15(11-22)17(27)20-29)32(30,31)23-8-9-24(16(26)12-23)14-5-3-13(19)4-6-14/h3-6,15,29H,7-12H2,1-2H3,(H,20,27)/t15-/m1/s1. The summed E-state index contributed by atoms with van der Waals surface area (Å²) in [4.78, 5) is 41.1. The van der Waals surface area contributed by atoms with Crippen molar-refractivity contribution >= 4 is 33.7 Å². The number of hydrogen-bond donors (Lipinski definition) is 2. The molecule has 3 rings (SSSR count). The Bertz CT molecular complexity index is 988. The van der Waals surface area contributed by atoms with Crippen LogP contribution >= 0.6 is 0 Å². The van der Waals surface area contributed by atoms with Crippen LogP contribution in [0.2, 0.25) is 0 Å². The Morgan fingerprint density at radius 3 is 2.34 bits per heavy atom. The van der Waals surface area contributed by atoms with Gasteiger partial charge in [-0.25, -0.2) is 14.7 Å². The van der Waals surface area contributed by atoms with Gasteiger partial charge in [0.2, 0.25) is 5.91 Å². The van der Waals surface area contributed by atoms with Gasteiger partial charge in [-0.1, -0.05) is 0 Å². The molecule has 0 aliphatic carbocycles. The van der Waals surface area contributed by atoms with E-state index in [4.69, 9.17) is 5.21 Å². The van der Waals surface area contributed by atoms with Crippen LogP contribution in [0, 0.1) is 5.82 Å². The van der Waals surface area contributed by atoms with Gasteiger partial charge >= 0.3 is 6.03 Å². The molecule has 12 nitrogen and oxygen atoms in total. The van der Waals surface area contributed by atoms with Crippen LogP contribution in [0.3, 0.4) is 0 Å². The summed E-state index contributed by atoms with van der Waals surface area (Å²) in [6.07, 6.45) is 0. The van der Waals surface area contributed by atoms with Gasteiger partial charge in [-0.3, -0.25) is 14.8 Å². The SMILES string of the molecule is CN(C)C(=O)N1CCN(S(=O)(=O)N2CCN(c3ccc(F)cc3)C(=O)C2)[C@@H](C(=O)NO)C1. The van der Waals surface area contributed by atoms with E-state index in [-0.39, 0.29) is 32.7 Å². The van der Waals surface area contributed by atoms with Crippen LogP contribution < -0.4 is 10.4 Å². The lowest BCUT2D eigenvalue weighted by Gasteiger charge is -2.43. The van der Waals surface area contributed by atoms with Gasteiger partial charge in [-0.15, -0.1) is 0 Å². The maximum absolute atomic E-state index is 13.3. The van der Waals surface area contributed by atoms with Crippen LogP contribution in [0.25, 0.3) is 0 Å². The highest BCUT2D eigenvalue weighted by Crippen LogP contribution is 2.23. The third-order valence-electron chi connectivity index (χ3n) is 5.34. The lowest BCUT2D eigenvalue weighted by molar-refractivity contribution is -0.134. The van der Waals surface area contributed by atoms with Crippen LogP contribution in [0.4, 0.5) is 14.9 Å². The zero-order valence-electron chi connectivity index (χ0n) is 17.6. The summed E-state index contributed by atoms with van der Waals surface area (Å²) in [5.41, 5.74) is 1.90. The molecule has 2 aliphatic rings. The van der Waals surface area contributed by atoms with Gasteiger partial charge in [0.05, 0.1) is 6.54 Å². The van der Waals surface area contributed by atoms with Crippen molar-refractivity contribution in [3.63, 3.8) is 0 Å². The summed E-state index contributed by atoms with van der Waals surface area (Å²) in [5.74, 6) is -1.94. The monoisotopic (exact) mass is 472 g/mol. The number of benzene rings is 1. The zero-order chi connectivity index (χ0) is 23.6. The van der Waals surface area contributed by atoms with E-state index in [0.29, 0.717) is 5.69 Å². The highest BCUT2D eigenvalue weighted by Gasteiger charge is 2.45. The summed E-state index contributed by atoms with van der Waals surface area (Å²) in [7, 11) is -1.22. The molecular formula is C18H25FN6O6S. The average molecular weight is 472 g/mol. The van der Waals surface area contributed by atoms with Gasteiger partial charge in [-0.2, -0.15) is 17.0 Å². The summed E-state index contributed by atoms with van der Waals surface area (Å²) >= 11 is 0. The third kappa shape index (κ3) is 4.67. The van der Waals surface area contributed by atoms with E-state index in [2.05, 4.69) is 0 Å². The van der Waals surface area contributed by atoms with Gasteiger partial charge < -0.3 is 14.7 Å². The van der Waals surface area contributed by atoms with E-state index >= 15 is 0 Å². The molecule has 0 bridgehead atoms. The molecular weight excluding hydrogens is 447 g/mol. The van der Waals surface area contributed by atoms with Crippen LogP contribution in [0.5, 0.6) is 0 Å². The molecule has 0 unspecified atom stereocenters. The van der Waals surface area contributed by atoms with E-state index < -0.39 is 46.5 Å².